The third-order valence-corrected chi connectivity index (χ3v) is 4.43. The molecule has 0 spiro atoms. The van der Waals surface area contributed by atoms with E-state index in [9.17, 15) is 0 Å². The van der Waals surface area contributed by atoms with Gasteiger partial charge in [0, 0.05) is 30.7 Å². The SMILES string of the molecule is CN=C(NCc1ccc(Cl)cc1)NCC(c1ccccc1OC)N(C)C. The minimum Gasteiger partial charge on any atom is -0.496 e. The zero-order valence-electron chi connectivity index (χ0n) is 15.8. The Balaban J connectivity index is 1.99. The smallest absolute Gasteiger partial charge is 0.191 e. The molecule has 2 aromatic carbocycles. The number of ether oxygens (including phenoxy) is 1. The average Bonchev–Trinajstić information content (AvgIpc) is 2.65. The highest BCUT2D eigenvalue weighted by atomic mass is 35.5. The molecule has 6 heteroatoms. The van der Waals surface area contributed by atoms with Crippen LogP contribution in [-0.2, 0) is 6.54 Å². The predicted molar refractivity (Wildman–Crippen MR) is 109 cm³/mol. The molecule has 0 aromatic heterocycles. The van der Waals surface area contributed by atoms with Gasteiger partial charge in [0.1, 0.15) is 5.75 Å². The molecule has 0 saturated carbocycles. The Morgan fingerprint density at radius 3 is 2.42 bits per heavy atom. The summed E-state index contributed by atoms with van der Waals surface area (Å²) in [6, 6.07) is 16.0. The zero-order chi connectivity index (χ0) is 18.9. The number of likely N-dealkylation sites (N-methyl/N-ethyl adjacent to an activating group) is 1. The van der Waals surface area contributed by atoms with E-state index in [0.29, 0.717) is 13.1 Å². The molecule has 0 fully saturated rings. The number of nitrogens with zero attached hydrogens (tertiary/aromatic N) is 2. The number of hydrogen-bond donors (Lipinski definition) is 2. The van der Waals surface area contributed by atoms with E-state index in [1.165, 1.54) is 0 Å². The fourth-order valence-electron chi connectivity index (χ4n) is 2.71. The van der Waals surface area contributed by atoms with E-state index in [1.54, 1.807) is 14.2 Å². The van der Waals surface area contributed by atoms with Crippen molar-refractivity contribution in [3.63, 3.8) is 0 Å². The molecule has 2 N–H and O–H groups in total. The van der Waals surface area contributed by atoms with E-state index in [4.69, 9.17) is 16.3 Å². The summed E-state index contributed by atoms with van der Waals surface area (Å²) in [5.74, 6) is 1.64. The van der Waals surface area contributed by atoms with Crippen LogP contribution in [0.2, 0.25) is 5.02 Å². The Hall–Kier alpha value is -2.24. The first kappa shape index (κ1) is 20.1. The van der Waals surface area contributed by atoms with Gasteiger partial charge in [-0.15, -0.1) is 0 Å². The van der Waals surface area contributed by atoms with Gasteiger partial charge in [-0.25, -0.2) is 0 Å². The molecule has 0 aliphatic heterocycles. The Bertz CT molecular complexity index is 716. The molecule has 2 aromatic rings. The Morgan fingerprint density at radius 1 is 1.12 bits per heavy atom. The highest BCUT2D eigenvalue weighted by molar-refractivity contribution is 6.30. The molecule has 26 heavy (non-hydrogen) atoms. The third-order valence-electron chi connectivity index (χ3n) is 4.18. The number of nitrogens with one attached hydrogen (secondary N) is 2. The fourth-order valence-corrected chi connectivity index (χ4v) is 2.84. The summed E-state index contributed by atoms with van der Waals surface area (Å²) in [5, 5.41) is 7.46. The molecule has 1 unspecified atom stereocenters. The maximum absolute atomic E-state index is 5.93. The molecule has 2 rings (SSSR count). The lowest BCUT2D eigenvalue weighted by atomic mass is 10.0. The van der Waals surface area contributed by atoms with Gasteiger partial charge in [0.15, 0.2) is 5.96 Å². The summed E-state index contributed by atoms with van der Waals surface area (Å²) < 4.78 is 5.51. The van der Waals surface area contributed by atoms with Crippen LogP contribution < -0.4 is 15.4 Å². The third kappa shape index (κ3) is 5.64. The first-order valence-electron chi connectivity index (χ1n) is 8.53. The van der Waals surface area contributed by atoms with Gasteiger partial charge >= 0.3 is 0 Å². The van der Waals surface area contributed by atoms with Crippen LogP contribution in [0, 0.1) is 0 Å². The van der Waals surface area contributed by atoms with Crippen LogP contribution in [0.4, 0.5) is 0 Å². The standard InChI is InChI=1S/C20H27ClN4O/c1-22-20(23-13-15-9-11-16(21)12-10-15)24-14-18(25(2)3)17-7-5-6-8-19(17)26-4/h5-12,18H,13-14H2,1-4H3,(H2,22,23,24). The van der Waals surface area contributed by atoms with Gasteiger partial charge in [-0.3, -0.25) is 4.99 Å². The van der Waals surface area contributed by atoms with Crippen LogP contribution in [-0.4, -0.2) is 45.7 Å². The van der Waals surface area contributed by atoms with Gasteiger partial charge in [-0.05, 0) is 37.9 Å². The molecular weight excluding hydrogens is 348 g/mol. The second kappa shape index (κ2) is 10.0. The molecule has 140 valence electrons. The molecule has 0 amide bonds. The van der Waals surface area contributed by atoms with Crippen LogP contribution in [0.3, 0.4) is 0 Å². The second-order valence-electron chi connectivity index (χ2n) is 6.15. The monoisotopic (exact) mass is 374 g/mol. The van der Waals surface area contributed by atoms with Crippen molar-refractivity contribution in [1.29, 1.82) is 0 Å². The van der Waals surface area contributed by atoms with Crippen molar-refractivity contribution in [2.75, 3.05) is 34.8 Å². The molecule has 1 atom stereocenters. The van der Waals surface area contributed by atoms with Crippen LogP contribution in [0.5, 0.6) is 5.75 Å². The molecule has 0 aliphatic rings. The Labute approximate surface area is 161 Å². The van der Waals surface area contributed by atoms with Gasteiger partial charge in [0.05, 0.1) is 13.2 Å². The van der Waals surface area contributed by atoms with Crippen molar-refractivity contribution in [1.82, 2.24) is 15.5 Å². The van der Waals surface area contributed by atoms with Crippen LogP contribution >= 0.6 is 11.6 Å². The lowest BCUT2D eigenvalue weighted by molar-refractivity contribution is 0.287. The summed E-state index contributed by atoms with van der Waals surface area (Å²) in [7, 11) is 7.59. The highest BCUT2D eigenvalue weighted by Gasteiger charge is 2.18. The summed E-state index contributed by atoms with van der Waals surface area (Å²) in [6.07, 6.45) is 0. The van der Waals surface area contributed by atoms with Gasteiger partial charge < -0.3 is 20.3 Å². The van der Waals surface area contributed by atoms with Crippen molar-refractivity contribution in [3.8, 4) is 5.75 Å². The predicted octanol–water partition coefficient (Wildman–Crippen LogP) is 3.32. The van der Waals surface area contributed by atoms with Crippen molar-refractivity contribution in [2.24, 2.45) is 4.99 Å². The van der Waals surface area contributed by atoms with Gasteiger partial charge in [0.25, 0.3) is 0 Å². The molecule has 0 heterocycles. The molecule has 0 radical (unpaired) electrons. The molecular formula is C20H27ClN4O. The Morgan fingerprint density at radius 2 is 1.81 bits per heavy atom. The van der Waals surface area contributed by atoms with Crippen molar-refractivity contribution >= 4 is 17.6 Å². The Kier molecular flexibility index (Phi) is 7.75. The van der Waals surface area contributed by atoms with Crippen LogP contribution in [0.25, 0.3) is 0 Å². The van der Waals surface area contributed by atoms with Gasteiger partial charge in [-0.1, -0.05) is 41.9 Å². The zero-order valence-corrected chi connectivity index (χ0v) is 16.5. The van der Waals surface area contributed by atoms with E-state index >= 15 is 0 Å². The van der Waals surface area contributed by atoms with E-state index in [-0.39, 0.29) is 6.04 Å². The highest BCUT2D eigenvalue weighted by Crippen LogP contribution is 2.27. The number of guanidine groups is 1. The number of rotatable bonds is 7. The van der Waals surface area contributed by atoms with Crippen molar-refractivity contribution in [3.05, 3.63) is 64.7 Å². The summed E-state index contributed by atoms with van der Waals surface area (Å²) in [6.45, 7) is 1.38. The lowest BCUT2D eigenvalue weighted by Gasteiger charge is -2.27. The molecule has 0 aliphatic carbocycles. The molecule has 5 nitrogen and oxygen atoms in total. The summed E-state index contributed by atoms with van der Waals surface area (Å²) >= 11 is 5.93. The number of benzene rings is 2. The lowest BCUT2D eigenvalue weighted by Crippen LogP contribution is -2.41. The van der Waals surface area contributed by atoms with E-state index in [2.05, 4.69) is 40.7 Å². The molecule has 0 bridgehead atoms. The quantitative estimate of drug-likeness (QED) is 0.576. The van der Waals surface area contributed by atoms with Gasteiger partial charge in [0.2, 0.25) is 0 Å². The molecule has 0 saturated heterocycles. The van der Waals surface area contributed by atoms with Gasteiger partial charge in [-0.2, -0.15) is 0 Å². The average molecular weight is 375 g/mol. The minimum atomic E-state index is 0.153. The van der Waals surface area contributed by atoms with Crippen molar-refractivity contribution < 1.29 is 4.74 Å². The maximum atomic E-state index is 5.93. The minimum absolute atomic E-state index is 0.153. The number of para-hydroxylation sites is 1. The first-order valence-corrected chi connectivity index (χ1v) is 8.91. The number of hydrogen-bond acceptors (Lipinski definition) is 3. The fraction of sp³-hybridized carbons (Fsp3) is 0.350. The van der Waals surface area contributed by atoms with Crippen LogP contribution in [0.1, 0.15) is 17.2 Å². The van der Waals surface area contributed by atoms with E-state index < -0.39 is 0 Å². The van der Waals surface area contributed by atoms with E-state index in [0.717, 1.165) is 27.9 Å². The van der Waals surface area contributed by atoms with E-state index in [1.807, 2.05) is 42.5 Å². The first-order chi connectivity index (χ1) is 12.5. The topological polar surface area (TPSA) is 48.9 Å². The largest absolute Gasteiger partial charge is 0.496 e. The summed E-state index contributed by atoms with van der Waals surface area (Å²) in [4.78, 5) is 6.47. The van der Waals surface area contributed by atoms with Crippen molar-refractivity contribution in [2.45, 2.75) is 12.6 Å². The summed E-state index contributed by atoms with van der Waals surface area (Å²) in [5.41, 5.74) is 2.28. The number of halogens is 1. The number of methoxy groups -OCH3 is 1. The second-order valence-corrected chi connectivity index (χ2v) is 6.59. The van der Waals surface area contributed by atoms with Crippen LogP contribution in [0.15, 0.2) is 53.5 Å². The normalized spacial score (nSPS) is 12.8. The maximum Gasteiger partial charge on any atom is 0.191 e. The number of aliphatic imine (C=N–C) groups is 1.